The number of nitrogen functional groups attached to an aromatic ring is 1. The summed E-state index contributed by atoms with van der Waals surface area (Å²) in [7, 11) is 0. The van der Waals surface area contributed by atoms with Gasteiger partial charge in [-0.15, -0.1) is 0 Å². The molecule has 0 aromatic carbocycles. The zero-order valence-electron chi connectivity index (χ0n) is 10.4. The summed E-state index contributed by atoms with van der Waals surface area (Å²) in [5.41, 5.74) is 7.11. The average Bonchev–Trinajstić information content (AvgIpc) is 2.88. The van der Waals surface area contributed by atoms with Crippen molar-refractivity contribution in [1.82, 2.24) is 9.88 Å². The quantitative estimate of drug-likeness (QED) is 0.840. The molecule has 2 rings (SSSR count). The first-order chi connectivity index (χ1) is 8.20. The molecule has 0 unspecified atom stereocenters. The van der Waals surface area contributed by atoms with Crippen LogP contribution in [0.4, 0.5) is 5.69 Å². The van der Waals surface area contributed by atoms with Crippen LogP contribution in [0.3, 0.4) is 0 Å². The Balaban J connectivity index is 2.06. The van der Waals surface area contributed by atoms with E-state index >= 15 is 0 Å². The van der Waals surface area contributed by atoms with E-state index in [1.54, 1.807) is 6.07 Å². The number of hydrogen-bond acceptors (Lipinski definition) is 2. The van der Waals surface area contributed by atoms with E-state index in [9.17, 15) is 4.79 Å². The zero-order valence-corrected chi connectivity index (χ0v) is 10.4. The lowest BCUT2D eigenvalue weighted by molar-refractivity contribution is 0.0928. The van der Waals surface area contributed by atoms with Crippen molar-refractivity contribution in [1.29, 1.82) is 0 Å². The van der Waals surface area contributed by atoms with Crippen molar-refractivity contribution in [3.05, 3.63) is 18.0 Å². The summed E-state index contributed by atoms with van der Waals surface area (Å²) in [4.78, 5) is 12.1. The van der Waals surface area contributed by atoms with Gasteiger partial charge in [-0.3, -0.25) is 4.79 Å². The summed E-state index contributed by atoms with van der Waals surface area (Å²) in [5, 5.41) is 3.09. The molecule has 0 saturated heterocycles. The van der Waals surface area contributed by atoms with E-state index in [0.29, 0.717) is 17.4 Å². The van der Waals surface area contributed by atoms with E-state index in [4.69, 9.17) is 5.73 Å². The van der Waals surface area contributed by atoms with Crippen LogP contribution in [0, 0.1) is 0 Å². The van der Waals surface area contributed by atoms with Crippen LogP contribution in [0.15, 0.2) is 12.3 Å². The molecule has 4 heteroatoms. The Bertz CT molecular complexity index is 391. The first-order valence-corrected chi connectivity index (χ1v) is 6.47. The van der Waals surface area contributed by atoms with Gasteiger partial charge in [-0.05, 0) is 25.3 Å². The molecule has 1 aliphatic carbocycles. The van der Waals surface area contributed by atoms with Gasteiger partial charge in [0.05, 0.1) is 5.69 Å². The van der Waals surface area contributed by atoms with Gasteiger partial charge in [-0.1, -0.05) is 19.8 Å². The third kappa shape index (κ3) is 2.81. The highest BCUT2D eigenvalue weighted by atomic mass is 16.2. The van der Waals surface area contributed by atoms with E-state index in [1.165, 1.54) is 12.8 Å². The lowest BCUT2D eigenvalue weighted by Gasteiger charge is -2.13. The van der Waals surface area contributed by atoms with Gasteiger partial charge in [-0.2, -0.15) is 0 Å². The molecule has 94 valence electrons. The molecule has 4 nitrogen and oxygen atoms in total. The molecule has 1 aromatic rings. The summed E-state index contributed by atoms with van der Waals surface area (Å²) in [6, 6.07) is 2.12. The summed E-state index contributed by atoms with van der Waals surface area (Å²) >= 11 is 0. The van der Waals surface area contributed by atoms with Gasteiger partial charge in [0, 0.05) is 18.8 Å². The molecule has 1 aliphatic rings. The van der Waals surface area contributed by atoms with Crippen LogP contribution in [-0.4, -0.2) is 16.5 Å². The van der Waals surface area contributed by atoms with Crippen LogP contribution in [-0.2, 0) is 6.54 Å². The fourth-order valence-corrected chi connectivity index (χ4v) is 2.48. The molecule has 17 heavy (non-hydrogen) atoms. The fraction of sp³-hybridized carbons (Fsp3) is 0.615. The maximum Gasteiger partial charge on any atom is 0.268 e. The van der Waals surface area contributed by atoms with Crippen molar-refractivity contribution in [2.75, 3.05) is 5.73 Å². The molecule has 1 fully saturated rings. The Kier molecular flexibility index (Phi) is 3.71. The first-order valence-electron chi connectivity index (χ1n) is 6.47. The van der Waals surface area contributed by atoms with Gasteiger partial charge in [0.25, 0.3) is 5.91 Å². The molecule has 1 aromatic heterocycles. The minimum absolute atomic E-state index is 0.0158. The number of aryl methyl sites for hydroxylation is 1. The van der Waals surface area contributed by atoms with Crippen LogP contribution in [0.1, 0.15) is 49.5 Å². The third-order valence-corrected chi connectivity index (χ3v) is 3.31. The Hall–Kier alpha value is -1.45. The standard InChI is InChI=1S/C13H21N3O/c1-2-7-16-9-10(14)8-12(16)13(17)15-11-5-3-4-6-11/h8-9,11H,2-7,14H2,1H3,(H,15,17). The average molecular weight is 235 g/mol. The molecule has 0 bridgehead atoms. The Morgan fingerprint density at radius 3 is 2.88 bits per heavy atom. The smallest absolute Gasteiger partial charge is 0.268 e. The molecular formula is C13H21N3O. The van der Waals surface area contributed by atoms with Gasteiger partial charge >= 0.3 is 0 Å². The van der Waals surface area contributed by atoms with Crippen LogP contribution in [0.5, 0.6) is 0 Å². The second-order valence-corrected chi connectivity index (χ2v) is 4.81. The van der Waals surface area contributed by atoms with Gasteiger partial charge in [0.1, 0.15) is 5.69 Å². The number of carbonyl (C=O) groups excluding carboxylic acids is 1. The molecule has 1 heterocycles. The molecule has 3 N–H and O–H groups in total. The SMILES string of the molecule is CCCn1cc(N)cc1C(=O)NC1CCCC1. The van der Waals surface area contributed by atoms with Crippen molar-refractivity contribution in [2.45, 2.75) is 51.6 Å². The fourth-order valence-electron chi connectivity index (χ4n) is 2.48. The Morgan fingerprint density at radius 1 is 1.53 bits per heavy atom. The van der Waals surface area contributed by atoms with Crippen LogP contribution in [0.25, 0.3) is 0 Å². The number of anilines is 1. The van der Waals surface area contributed by atoms with Crippen LogP contribution in [0.2, 0.25) is 0 Å². The predicted octanol–water partition coefficient (Wildman–Crippen LogP) is 2.15. The highest BCUT2D eigenvalue weighted by molar-refractivity contribution is 5.94. The Morgan fingerprint density at radius 2 is 2.24 bits per heavy atom. The number of aromatic nitrogens is 1. The minimum atomic E-state index is 0.0158. The molecule has 0 spiro atoms. The van der Waals surface area contributed by atoms with E-state index in [-0.39, 0.29) is 5.91 Å². The number of nitrogens with one attached hydrogen (secondary N) is 1. The summed E-state index contributed by atoms with van der Waals surface area (Å²) in [6.45, 7) is 2.93. The molecular weight excluding hydrogens is 214 g/mol. The number of nitrogens with zero attached hydrogens (tertiary/aromatic N) is 1. The van der Waals surface area contributed by atoms with Crippen molar-refractivity contribution >= 4 is 11.6 Å². The normalized spacial score (nSPS) is 16.3. The van der Waals surface area contributed by atoms with Crippen LogP contribution < -0.4 is 11.1 Å². The minimum Gasteiger partial charge on any atom is -0.397 e. The first kappa shape index (κ1) is 12.0. The van der Waals surface area contributed by atoms with Gasteiger partial charge in [0.15, 0.2) is 0 Å². The third-order valence-electron chi connectivity index (χ3n) is 3.31. The zero-order chi connectivity index (χ0) is 12.3. The molecule has 0 radical (unpaired) electrons. The topological polar surface area (TPSA) is 60.0 Å². The van der Waals surface area contributed by atoms with E-state index in [1.807, 2.05) is 10.8 Å². The highest BCUT2D eigenvalue weighted by Crippen LogP contribution is 2.19. The monoisotopic (exact) mass is 235 g/mol. The summed E-state index contributed by atoms with van der Waals surface area (Å²) < 4.78 is 1.94. The molecule has 0 atom stereocenters. The van der Waals surface area contributed by atoms with Crippen molar-refractivity contribution in [3.63, 3.8) is 0 Å². The lowest BCUT2D eigenvalue weighted by atomic mass is 10.2. The number of carbonyl (C=O) groups is 1. The van der Waals surface area contributed by atoms with Gasteiger partial charge in [0.2, 0.25) is 0 Å². The summed E-state index contributed by atoms with van der Waals surface area (Å²) in [6.07, 6.45) is 7.50. The van der Waals surface area contributed by atoms with E-state index in [0.717, 1.165) is 25.8 Å². The second kappa shape index (κ2) is 5.25. The number of amides is 1. The lowest BCUT2D eigenvalue weighted by Crippen LogP contribution is -2.33. The van der Waals surface area contributed by atoms with E-state index in [2.05, 4.69) is 12.2 Å². The van der Waals surface area contributed by atoms with Crippen molar-refractivity contribution < 1.29 is 4.79 Å². The maximum absolute atomic E-state index is 12.1. The maximum atomic E-state index is 12.1. The van der Waals surface area contributed by atoms with Crippen molar-refractivity contribution in [2.24, 2.45) is 0 Å². The number of hydrogen-bond donors (Lipinski definition) is 2. The summed E-state index contributed by atoms with van der Waals surface area (Å²) in [5.74, 6) is 0.0158. The Labute approximate surface area is 102 Å². The molecule has 0 aliphatic heterocycles. The van der Waals surface area contributed by atoms with Crippen molar-refractivity contribution in [3.8, 4) is 0 Å². The largest absolute Gasteiger partial charge is 0.397 e. The molecule has 1 amide bonds. The van der Waals surface area contributed by atoms with Crippen LogP contribution >= 0.6 is 0 Å². The number of nitrogens with two attached hydrogens (primary N) is 1. The molecule has 1 saturated carbocycles. The van der Waals surface area contributed by atoms with Gasteiger partial charge < -0.3 is 15.6 Å². The second-order valence-electron chi connectivity index (χ2n) is 4.81. The number of rotatable bonds is 4. The van der Waals surface area contributed by atoms with Gasteiger partial charge in [-0.25, -0.2) is 0 Å². The van der Waals surface area contributed by atoms with E-state index < -0.39 is 0 Å². The highest BCUT2D eigenvalue weighted by Gasteiger charge is 2.20. The predicted molar refractivity (Wildman–Crippen MR) is 68.9 cm³/mol.